The second kappa shape index (κ2) is 8.65. The molecule has 0 fully saturated rings. The summed E-state index contributed by atoms with van der Waals surface area (Å²) in [6.07, 6.45) is 1.25. The molecule has 1 amide bonds. The van der Waals surface area contributed by atoms with Crippen LogP contribution >= 0.6 is 0 Å². The van der Waals surface area contributed by atoms with E-state index in [4.69, 9.17) is 5.84 Å². The zero-order valence-electron chi connectivity index (χ0n) is 11.0. The number of nitro benzene ring substituents is 1. The van der Waals surface area contributed by atoms with Gasteiger partial charge in [-0.1, -0.05) is 11.6 Å². The lowest BCUT2D eigenvalue weighted by Crippen LogP contribution is -2.32. The van der Waals surface area contributed by atoms with Crippen LogP contribution in [0.25, 0.3) is 0 Å². The van der Waals surface area contributed by atoms with Crippen molar-refractivity contribution >= 4 is 11.8 Å². The largest absolute Gasteiger partial charge is 0.426 e. The minimum absolute atomic E-state index is 0.0782. The van der Waals surface area contributed by atoms with E-state index in [2.05, 4.69) is 24.7 Å². The number of amides is 1. The summed E-state index contributed by atoms with van der Waals surface area (Å²) in [5, 5.41) is 10.3. The number of nitrogens with two attached hydrogens (primary N) is 1. The van der Waals surface area contributed by atoms with Gasteiger partial charge in [-0.3, -0.25) is 15.5 Å². The Morgan fingerprint density at radius 2 is 1.84 bits per heavy atom. The van der Waals surface area contributed by atoms with Crippen molar-refractivity contribution in [2.75, 3.05) is 0 Å². The van der Waals surface area contributed by atoms with Crippen LogP contribution in [0.3, 0.4) is 0 Å². The lowest BCUT2D eigenvalue weighted by atomic mass is 10.3. The highest BCUT2D eigenvalue weighted by molar-refractivity contribution is 5.69. The Labute approximate surface area is 111 Å². The predicted molar refractivity (Wildman–Crippen MR) is 71.5 cm³/mol. The molecule has 0 radical (unpaired) electrons. The van der Waals surface area contributed by atoms with Crippen molar-refractivity contribution in [1.29, 1.82) is 0 Å². The molecule has 0 aliphatic carbocycles. The number of rotatable bonds is 2. The van der Waals surface area contributed by atoms with E-state index in [1.807, 2.05) is 6.92 Å². The average Bonchev–Trinajstić information content (AvgIpc) is 2.39. The molecule has 1 rings (SSSR count). The first-order valence-corrected chi connectivity index (χ1v) is 5.43. The van der Waals surface area contributed by atoms with Gasteiger partial charge >= 0.3 is 6.09 Å². The quantitative estimate of drug-likeness (QED) is 0.281. The molecule has 3 N–H and O–H groups in total. The first-order chi connectivity index (χ1) is 8.90. The van der Waals surface area contributed by atoms with Crippen LogP contribution in [0.2, 0.25) is 0 Å². The summed E-state index contributed by atoms with van der Waals surface area (Å²) < 4.78 is 4.60. The van der Waals surface area contributed by atoms with Crippen molar-refractivity contribution < 1.29 is 14.5 Å². The number of nitrogens with one attached hydrogen (secondary N) is 1. The van der Waals surface area contributed by atoms with Gasteiger partial charge < -0.3 is 4.74 Å². The molecule has 1 aromatic carbocycles. The van der Waals surface area contributed by atoms with Crippen LogP contribution in [-0.4, -0.2) is 11.0 Å². The second-order valence-electron chi connectivity index (χ2n) is 3.65. The number of non-ortho nitro benzene ring substituents is 1. The number of hydrogen-bond acceptors (Lipinski definition) is 5. The number of carbonyl (C=O) groups is 1. The van der Waals surface area contributed by atoms with E-state index >= 15 is 0 Å². The summed E-state index contributed by atoms with van der Waals surface area (Å²) in [4.78, 5) is 20.3. The molecule has 0 aromatic heterocycles. The molecule has 0 bridgehead atoms. The third kappa shape index (κ3) is 7.50. The number of allylic oxidation sites excluding steroid dienone is 2. The van der Waals surface area contributed by atoms with Crippen molar-refractivity contribution in [2.24, 2.45) is 5.84 Å². The van der Waals surface area contributed by atoms with Gasteiger partial charge in [-0.05, 0) is 32.9 Å². The van der Waals surface area contributed by atoms with Gasteiger partial charge in [0, 0.05) is 12.1 Å². The molecule has 1 aromatic rings. The summed E-state index contributed by atoms with van der Waals surface area (Å²) in [6, 6.07) is 5.04. The highest BCUT2D eigenvalue weighted by Crippen LogP contribution is 2.16. The molecule has 0 atom stereocenters. The Balaban J connectivity index is 0.000000555. The molecule has 0 saturated carbocycles. The SMILES string of the molecule is CC=C(C)C.NNC(=O)Oc1ccc([N+](=O)[O-])cc1. The Hall–Kier alpha value is -2.41. The van der Waals surface area contributed by atoms with Crippen molar-refractivity contribution in [2.45, 2.75) is 20.8 Å². The summed E-state index contributed by atoms with van der Waals surface area (Å²) >= 11 is 0. The molecule has 104 valence electrons. The first-order valence-electron chi connectivity index (χ1n) is 5.43. The van der Waals surface area contributed by atoms with Crippen LogP contribution in [0.5, 0.6) is 5.75 Å². The highest BCUT2D eigenvalue weighted by Gasteiger charge is 2.06. The third-order valence-corrected chi connectivity index (χ3v) is 1.95. The van der Waals surface area contributed by atoms with Crippen LogP contribution in [0.15, 0.2) is 35.9 Å². The molecule has 19 heavy (non-hydrogen) atoms. The van der Waals surface area contributed by atoms with Gasteiger partial charge in [0.05, 0.1) is 4.92 Å². The number of nitrogens with zero attached hydrogens (tertiary/aromatic N) is 1. The van der Waals surface area contributed by atoms with Crippen LogP contribution in [-0.2, 0) is 0 Å². The molecule has 0 aliphatic heterocycles. The summed E-state index contributed by atoms with van der Waals surface area (Å²) in [5.41, 5.74) is 3.06. The van der Waals surface area contributed by atoms with Crippen LogP contribution < -0.4 is 16.0 Å². The Kier molecular flexibility index (Phi) is 7.55. The van der Waals surface area contributed by atoms with Crippen molar-refractivity contribution in [3.63, 3.8) is 0 Å². The van der Waals surface area contributed by atoms with E-state index in [0.29, 0.717) is 0 Å². The fourth-order valence-electron chi connectivity index (χ4n) is 0.772. The maximum Gasteiger partial charge on any atom is 0.426 e. The lowest BCUT2D eigenvalue weighted by molar-refractivity contribution is -0.384. The van der Waals surface area contributed by atoms with E-state index in [0.717, 1.165) is 0 Å². The number of carbonyl (C=O) groups excluding carboxylic acids is 1. The van der Waals surface area contributed by atoms with E-state index in [9.17, 15) is 14.9 Å². The van der Waals surface area contributed by atoms with Crippen molar-refractivity contribution in [1.82, 2.24) is 5.43 Å². The summed E-state index contributed by atoms with van der Waals surface area (Å²) in [5.74, 6) is 4.94. The van der Waals surface area contributed by atoms with Gasteiger partial charge in [0.15, 0.2) is 0 Å². The average molecular weight is 267 g/mol. The highest BCUT2D eigenvalue weighted by atomic mass is 16.6. The van der Waals surface area contributed by atoms with E-state index in [-0.39, 0.29) is 11.4 Å². The van der Waals surface area contributed by atoms with Gasteiger partial charge in [0.2, 0.25) is 0 Å². The zero-order chi connectivity index (χ0) is 14.8. The van der Waals surface area contributed by atoms with E-state index in [1.54, 1.807) is 5.43 Å². The fourth-order valence-corrected chi connectivity index (χ4v) is 0.772. The normalized spacial score (nSPS) is 8.63. The minimum Gasteiger partial charge on any atom is -0.409 e. The fraction of sp³-hybridized carbons (Fsp3) is 0.250. The van der Waals surface area contributed by atoms with E-state index < -0.39 is 11.0 Å². The van der Waals surface area contributed by atoms with Crippen LogP contribution in [0.1, 0.15) is 20.8 Å². The number of hydrogen-bond donors (Lipinski definition) is 2. The molecule has 7 nitrogen and oxygen atoms in total. The number of nitro groups is 1. The first kappa shape index (κ1) is 16.6. The lowest BCUT2D eigenvalue weighted by Gasteiger charge is -2.01. The second-order valence-corrected chi connectivity index (χ2v) is 3.65. The number of ether oxygens (including phenoxy) is 1. The maximum absolute atomic E-state index is 10.6. The monoisotopic (exact) mass is 267 g/mol. The standard InChI is InChI=1S/C7H7N3O4.C5H10/c8-9-7(11)14-6-3-1-5(2-4-6)10(12)13;1-4-5(2)3/h1-4H,8H2,(H,9,11);4H,1-3H3. The predicted octanol–water partition coefficient (Wildman–Crippen LogP) is 2.53. The molecule has 0 spiro atoms. The number of hydrazine groups is 1. The van der Waals surface area contributed by atoms with Crippen LogP contribution in [0, 0.1) is 10.1 Å². The molecule has 0 heterocycles. The Morgan fingerprint density at radius 3 is 2.16 bits per heavy atom. The molecule has 0 aliphatic rings. The Morgan fingerprint density at radius 1 is 1.37 bits per heavy atom. The molecule has 0 unspecified atom stereocenters. The van der Waals surface area contributed by atoms with Gasteiger partial charge in [0.25, 0.3) is 5.69 Å². The smallest absolute Gasteiger partial charge is 0.409 e. The molecule has 7 heteroatoms. The molecule has 0 saturated heterocycles. The third-order valence-electron chi connectivity index (χ3n) is 1.95. The van der Waals surface area contributed by atoms with Crippen molar-refractivity contribution in [3.8, 4) is 5.75 Å². The van der Waals surface area contributed by atoms with Crippen molar-refractivity contribution in [3.05, 3.63) is 46.0 Å². The van der Waals surface area contributed by atoms with Gasteiger partial charge in [-0.25, -0.2) is 10.6 Å². The molecular formula is C12H17N3O4. The van der Waals surface area contributed by atoms with E-state index in [1.165, 1.54) is 29.8 Å². The minimum atomic E-state index is -0.834. The number of benzene rings is 1. The summed E-state index contributed by atoms with van der Waals surface area (Å²) in [7, 11) is 0. The van der Waals surface area contributed by atoms with Gasteiger partial charge in [0.1, 0.15) is 5.75 Å². The Bertz CT molecular complexity index is 451. The maximum atomic E-state index is 10.6. The summed E-state index contributed by atoms with van der Waals surface area (Å²) in [6.45, 7) is 6.20. The van der Waals surface area contributed by atoms with Gasteiger partial charge in [-0.15, -0.1) is 0 Å². The zero-order valence-corrected chi connectivity index (χ0v) is 11.0. The van der Waals surface area contributed by atoms with Crippen LogP contribution in [0.4, 0.5) is 10.5 Å². The topological polar surface area (TPSA) is 107 Å². The molecular weight excluding hydrogens is 250 g/mol. The van der Waals surface area contributed by atoms with Gasteiger partial charge in [-0.2, -0.15) is 0 Å².